The van der Waals surface area contributed by atoms with Crippen LogP contribution in [-0.4, -0.2) is 30.4 Å². The third-order valence-corrected chi connectivity index (χ3v) is 4.47. The van der Waals surface area contributed by atoms with Gasteiger partial charge in [-0.05, 0) is 49.1 Å². The largest absolute Gasteiger partial charge is 0.277 e. The van der Waals surface area contributed by atoms with E-state index in [1.807, 2.05) is 30.5 Å². The average molecular weight is 316 g/mol. The fourth-order valence-corrected chi connectivity index (χ4v) is 2.99. The van der Waals surface area contributed by atoms with Crippen molar-refractivity contribution in [2.75, 3.05) is 0 Å². The molecule has 24 heavy (non-hydrogen) atoms. The third kappa shape index (κ3) is 2.36. The summed E-state index contributed by atoms with van der Waals surface area (Å²) in [4.78, 5) is 8.83. The predicted molar refractivity (Wildman–Crippen MR) is 91.1 cm³/mol. The molecule has 1 fully saturated rings. The number of aromatic amines is 2. The number of rotatable bonds is 4. The summed E-state index contributed by atoms with van der Waals surface area (Å²) in [5, 5.41) is 16.0. The molecule has 1 aliphatic carbocycles. The molecule has 0 radical (unpaired) electrons. The summed E-state index contributed by atoms with van der Waals surface area (Å²) in [6.07, 6.45) is 7.21. The summed E-state index contributed by atoms with van der Waals surface area (Å²) in [6, 6.07) is 10.1. The lowest BCUT2D eigenvalue weighted by Gasteiger charge is -1.99. The van der Waals surface area contributed by atoms with Crippen LogP contribution in [0.1, 0.15) is 18.7 Å². The standard InChI is InChI=1S/C18H16N6/c1-2-13(10-19-7-1)17-14-9-12(5-6-15(14)21-23-17)18-20-16(22-24-18)8-11-3-4-11/h1-2,5-7,9-11H,3-4,8H2,(H,21,23)(H,20,22,24). The van der Waals surface area contributed by atoms with Crippen molar-refractivity contribution in [2.24, 2.45) is 5.92 Å². The lowest BCUT2D eigenvalue weighted by atomic mass is 10.1. The third-order valence-electron chi connectivity index (χ3n) is 4.47. The van der Waals surface area contributed by atoms with Gasteiger partial charge in [0.2, 0.25) is 0 Å². The van der Waals surface area contributed by atoms with Gasteiger partial charge in [-0.2, -0.15) is 10.2 Å². The molecule has 1 aliphatic rings. The van der Waals surface area contributed by atoms with Gasteiger partial charge in [-0.3, -0.25) is 15.2 Å². The van der Waals surface area contributed by atoms with Gasteiger partial charge in [0.05, 0.1) is 5.52 Å². The molecule has 0 amide bonds. The van der Waals surface area contributed by atoms with Crippen LogP contribution in [0, 0.1) is 5.92 Å². The number of nitrogens with one attached hydrogen (secondary N) is 2. The van der Waals surface area contributed by atoms with E-state index in [1.165, 1.54) is 12.8 Å². The number of fused-ring (bicyclic) bond motifs is 1. The minimum absolute atomic E-state index is 0.742. The molecule has 0 unspecified atom stereocenters. The molecule has 0 spiro atoms. The molecular formula is C18H16N6. The van der Waals surface area contributed by atoms with E-state index in [1.54, 1.807) is 6.20 Å². The summed E-state index contributed by atoms with van der Waals surface area (Å²) in [5.74, 6) is 2.51. The number of aromatic nitrogens is 6. The Balaban J connectivity index is 1.56. The minimum atomic E-state index is 0.742. The lowest BCUT2D eigenvalue weighted by Crippen LogP contribution is -1.89. The van der Waals surface area contributed by atoms with Gasteiger partial charge in [0, 0.05) is 35.3 Å². The second kappa shape index (κ2) is 5.26. The molecule has 5 rings (SSSR count). The fourth-order valence-electron chi connectivity index (χ4n) is 2.99. The number of hydrogen-bond donors (Lipinski definition) is 2. The molecular weight excluding hydrogens is 300 g/mol. The molecule has 2 N–H and O–H groups in total. The van der Waals surface area contributed by atoms with Gasteiger partial charge in [0.1, 0.15) is 11.5 Å². The zero-order valence-electron chi connectivity index (χ0n) is 13.0. The molecule has 0 bridgehead atoms. The summed E-state index contributed by atoms with van der Waals surface area (Å²) >= 11 is 0. The molecule has 3 heterocycles. The second-order valence-electron chi connectivity index (χ2n) is 6.33. The molecule has 3 aromatic heterocycles. The first kappa shape index (κ1) is 13.4. The van der Waals surface area contributed by atoms with E-state index in [4.69, 9.17) is 0 Å². The fraction of sp³-hybridized carbons (Fsp3) is 0.222. The summed E-state index contributed by atoms with van der Waals surface area (Å²) in [5.41, 5.74) is 3.87. The average Bonchev–Trinajstić information content (AvgIpc) is 3.15. The predicted octanol–water partition coefficient (Wildman–Crippen LogP) is 3.36. The quantitative estimate of drug-likeness (QED) is 0.604. The highest BCUT2D eigenvalue weighted by atomic mass is 15.2. The number of nitrogens with zero attached hydrogens (tertiary/aromatic N) is 4. The first-order valence-corrected chi connectivity index (χ1v) is 8.17. The highest BCUT2D eigenvalue weighted by Crippen LogP contribution is 2.32. The number of H-pyrrole nitrogens is 2. The Kier molecular flexibility index (Phi) is 2.94. The zero-order chi connectivity index (χ0) is 15.9. The molecule has 4 aromatic rings. The Morgan fingerprint density at radius 2 is 2.00 bits per heavy atom. The van der Waals surface area contributed by atoms with E-state index in [-0.39, 0.29) is 0 Å². The highest BCUT2D eigenvalue weighted by Gasteiger charge is 2.23. The molecule has 1 aromatic carbocycles. The van der Waals surface area contributed by atoms with Gasteiger partial charge >= 0.3 is 0 Å². The van der Waals surface area contributed by atoms with Crippen LogP contribution in [-0.2, 0) is 6.42 Å². The van der Waals surface area contributed by atoms with Crippen molar-refractivity contribution in [1.29, 1.82) is 0 Å². The van der Waals surface area contributed by atoms with Crippen LogP contribution in [0.4, 0.5) is 0 Å². The van der Waals surface area contributed by atoms with E-state index >= 15 is 0 Å². The normalized spacial score (nSPS) is 14.3. The Morgan fingerprint density at radius 3 is 2.83 bits per heavy atom. The topological polar surface area (TPSA) is 83.1 Å². The molecule has 1 saturated carbocycles. The van der Waals surface area contributed by atoms with Crippen molar-refractivity contribution in [2.45, 2.75) is 19.3 Å². The van der Waals surface area contributed by atoms with Gasteiger partial charge in [-0.1, -0.05) is 0 Å². The summed E-state index contributed by atoms with van der Waals surface area (Å²) < 4.78 is 0. The van der Waals surface area contributed by atoms with E-state index in [0.717, 1.165) is 51.7 Å². The smallest absolute Gasteiger partial charge is 0.181 e. The van der Waals surface area contributed by atoms with E-state index < -0.39 is 0 Å². The van der Waals surface area contributed by atoms with Crippen LogP contribution < -0.4 is 0 Å². The SMILES string of the molecule is c1cncc(-c2n[nH]c3ccc(-c4n[nH]c(CC5CC5)n4)cc23)c1. The minimum Gasteiger partial charge on any atom is -0.277 e. The Bertz CT molecular complexity index is 997. The molecule has 118 valence electrons. The van der Waals surface area contributed by atoms with Gasteiger partial charge in [-0.25, -0.2) is 4.98 Å². The number of pyridine rings is 1. The summed E-state index contributed by atoms with van der Waals surface area (Å²) in [6.45, 7) is 0. The maximum Gasteiger partial charge on any atom is 0.181 e. The molecule has 0 aliphatic heterocycles. The molecule has 6 nitrogen and oxygen atoms in total. The van der Waals surface area contributed by atoms with Crippen molar-refractivity contribution in [3.63, 3.8) is 0 Å². The first-order chi connectivity index (χ1) is 11.9. The van der Waals surface area contributed by atoms with Crippen LogP contribution >= 0.6 is 0 Å². The van der Waals surface area contributed by atoms with Crippen LogP contribution in [0.25, 0.3) is 33.5 Å². The van der Waals surface area contributed by atoms with Crippen molar-refractivity contribution in [3.8, 4) is 22.6 Å². The van der Waals surface area contributed by atoms with Crippen LogP contribution in [0.15, 0.2) is 42.7 Å². The number of benzene rings is 1. The molecule has 0 atom stereocenters. The Morgan fingerprint density at radius 1 is 1.04 bits per heavy atom. The van der Waals surface area contributed by atoms with Gasteiger partial charge in [0.25, 0.3) is 0 Å². The van der Waals surface area contributed by atoms with Gasteiger partial charge < -0.3 is 0 Å². The maximum absolute atomic E-state index is 4.64. The van der Waals surface area contributed by atoms with Crippen molar-refractivity contribution in [3.05, 3.63) is 48.5 Å². The lowest BCUT2D eigenvalue weighted by molar-refractivity contribution is 0.774. The van der Waals surface area contributed by atoms with Crippen LogP contribution in [0.3, 0.4) is 0 Å². The van der Waals surface area contributed by atoms with Crippen LogP contribution in [0.5, 0.6) is 0 Å². The highest BCUT2D eigenvalue weighted by molar-refractivity contribution is 5.95. The van der Waals surface area contributed by atoms with Crippen molar-refractivity contribution in [1.82, 2.24) is 30.4 Å². The second-order valence-corrected chi connectivity index (χ2v) is 6.33. The van der Waals surface area contributed by atoms with E-state index in [9.17, 15) is 0 Å². The Labute approximate surface area is 138 Å². The molecule has 6 heteroatoms. The maximum atomic E-state index is 4.64. The van der Waals surface area contributed by atoms with Crippen molar-refractivity contribution < 1.29 is 0 Å². The van der Waals surface area contributed by atoms with Gasteiger partial charge in [-0.15, -0.1) is 0 Å². The first-order valence-electron chi connectivity index (χ1n) is 8.17. The van der Waals surface area contributed by atoms with E-state index in [2.05, 4.69) is 36.4 Å². The monoisotopic (exact) mass is 316 g/mol. The molecule has 0 saturated heterocycles. The van der Waals surface area contributed by atoms with E-state index in [0.29, 0.717) is 0 Å². The van der Waals surface area contributed by atoms with Crippen LogP contribution in [0.2, 0.25) is 0 Å². The van der Waals surface area contributed by atoms with Gasteiger partial charge in [0.15, 0.2) is 5.82 Å². The number of hydrogen-bond acceptors (Lipinski definition) is 4. The summed E-state index contributed by atoms with van der Waals surface area (Å²) in [7, 11) is 0. The Hall–Kier alpha value is -3.02. The zero-order valence-corrected chi connectivity index (χ0v) is 13.0. The van der Waals surface area contributed by atoms with Crippen molar-refractivity contribution >= 4 is 10.9 Å².